The average Bonchev–Trinajstić information content (AvgIpc) is 2.47. The Balaban J connectivity index is 2.26. The van der Waals surface area contributed by atoms with Gasteiger partial charge in [-0.2, -0.15) is 5.11 Å². The first-order valence-electron chi connectivity index (χ1n) is 6.31. The zero-order chi connectivity index (χ0) is 14.4. The van der Waals surface area contributed by atoms with Crippen LogP contribution in [0.3, 0.4) is 0 Å². The summed E-state index contributed by atoms with van der Waals surface area (Å²) in [5.41, 5.74) is 7.72. The number of rotatable bonds is 5. The molecule has 2 rings (SSSR count). The fourth-order valence-corrected chi connectivity index (χ4v) is 1.67. The van der Waals surface area contributed by atoms with E-state index in [2.05, 4.69) is 10.2 Å². The van der Waals surface area contributed by atoms with E-state index in [4.69, 9.17) is 15.2 Å². The van der Waals surface area contributed by atoms with Crippen LogP contribution in [0, 0.1) is 0 Å². The molecule has 20 heavy (non-hydrogen) atoms. The molecule has 0 fully saturated rings. The Morgan fingerprint density at radius 3 is 2.70 bits per heavy atom. The minimum absolute atomic E-state index is 0.547. The Bertz CT molecular complexity index is 612. The molecule has 2 aromatic carbocycles. The van der Waals surface area contributed by atoms with Gasteiger partial charge in [0.25, 0.3) is 0 Å². The van der Waals surface area contributed by atoms with Gasteiger partial charge in [-0.15, -0.1) is 5.11 Å². The summed E-state index contributed by atoms with van der Waals surface area (Å²) in [6, 6.07) is 12.7. The maximum atomic E-state index is 5.73. The quantitative estimate of drug-likeness (QED) is 0.657. The first-order chi connectivity index (χ1) is 9.72. The molecule has 2 N–H and O–H groups in total. The van der Waals surface area contributed by atoms with Gasteiger partial charge >= 0.3 is 0 Å². The van der Waals surface area contributed by atoms with Crippen LogP contribution in [-0.2, 0) is 0 Å². The molecule has 0 aliphatic carbocycles. The summed E-state index contributed by atoms with van der Waals surface area (Å²) < 4.78 is 10.6. The second-order valence-electron chi connectivity index (χ2n) is 4.06. The van der Waals surface area contributed by atoms with Crippen LogP contribution in [0.5, 0.6) is 11.5 Å². The molecular weight excluding hydrogens is 254 g/mol. The van der Waals surface area contributed by atoms with Crippen molar-refractivity contribution in [2.24, 2.45) is 10.2 Å². The predicted octanol–water partition coefficient (Wildman–Crippen LogP) is 4.09. The maximum Gasteiger partial charge on any atom is 0.148 e. The van der Waals surface area contributed by atoms with Crippen LogP contribution >= 0.6 is 0 Å². The van der Waals surface area contributed by atoms with E-state index in [-0.39, 0.29) is 0 Å². The summed E-state index contributed by atoms with van der Waals surface area (Å²) in [6.45, 7) is 2.46. The first kappa shape index (κ1) is 13.9. The number of nitrogen functional groups attached to an aromatic ring is 1. The fourth-order valence-electron chi connectivity index (χ4n) is 1.67. The molecule has 0 radical (unpaired) electrons. The van der Waals surface area contributed by atoms with Gasteiger partial charge in [0.2, 0.25) is 0 Å². The highest BCUT2D eigenvalue weighted by atomic mass is 16.5. The van der Waals surface area contributed by atoms with Gasteiger partial charge in [-0.05, 0) is 31.2 Å². The van der Waals surface area contributed by atoms with E-state index in [1.807, 2.05) is 25.1 Å². The SMILES string of the molecule is CCOc1cc(N)ccc1/N=N/c1cccc(OC)c1. The molecule has 0 spiro atoms. The number of nitrogens with two attached hydrogens (primary N) is 1. The van der Waals surface area contributed by atoms with Gasteiger partial charge in [0.05, 0.1) is 19.4 Å². The predicted molar refractivity (Wildman–Crippen MR) is 79.2 cm³/mol. The zero-order valence-electron chi connectivity index (χ0n) is 11.5. The minimum Gasteiger partial charge on any atom is -0.497 e. The van der Waals surface area contributed by atoms with Gasteiger partial charge in [0.15, 0.2) is 0 Å². The van der Waals surface area contributed by atoms with Crippen LogP contribution in [0.1, 0.15) is 6.92 Å². The van der Waals surface area contributed by atoms with Crippen molar-refractivity contribution < 1.29 is 9.47 Å². The number of anilines is 1. The van der Waals surface area contributed by atoms with Gasteiger partial charge in [-0.25, -0.2) is 0 Å². The van der Waals surface area contributed by atoms with Crippen molar-refractivity contribution in [2.75, 3.05) is 19.5 Å². The van der Waals surface area contributed by atoms with E-state index in [1.54, 1.807) is 31.4 Å². The smallest absolute Gasteiger partial charge is 0.148 e. The number of methoxy groups -OCH3 is 1. The molecule has 2 aromatic rings. The molecule has 0 unspecified atom stereocenters. The van der Waals surface area contributed by atoms with Crippen LogP contribution in [0.4, 0.5) is 17.1 Å². The molecule has 0 aromatic heterocycles. The lowest BCUT2D eigenvalue weighted by atomic mass is 10.2. The standard InChI is InChI=1S/C15H17N3O2/c1-3-20-15-9-11(16)7-8-14(15)18-17-12-5-4-6-13(10-12)19-2/h4-10H,3,16H2,1-2H3/b18-17+. The van der Waals surface area contributed by atoms with Gasteiger partial charge in [0, 0.05) is 17.8 Å². The van der Waals surface area contributed by atoms with Crippen LogP contribution in [0.2, 0.25) is 0 Å². The third-order valence-corrected chi connectivity index (χ3v) is 2.61. The average molecular weight is 271 g/mol. The van der Waals surface area contributed by atoms with Gasteiger partial charge in [0.1, 0.15) is 17.2 Å². The lowest BCUT2D eigenvalue weighted by molar-refractivity contribution is 0.341. The summed E-state index contributed by atoms with van der Waals surface area (Å²) in [5.74, 6) is 1.36. The van der Waals surface area contributed by atoms with Crippen LogP contribution < -0.4 is 15.2 Å². The van der Waals surface area contributed by atoms with Gasteiger partial charge < -0.3 is 15.2 Å². The van der Waals surface area contributed by atoms with Gasteiger partial charge in [-0.1, -0.05) is 6.07 Å². The molecule has 5 heteroatoms. The molecule has 0 amide bonds. The third-order valence-electron chi connectivity index (χ3n) is 2.61. The van der Waals surface area contributed by atoms with Crippen molar-refractivity contribution in [3.8, 4) is 11.5 Å². The van der Waals surface area contributed by atoms with E-state index in [0.29, 0.717) is 29.4 Å². The summed E-state index contributed by atoms with van der Waals surface area (Å²) in [7, 11) is 1.61. The Kier molecular flexibility index (Phi) is 4.55. The molecule has 0 aliphatic rings. The number of azo groups is 1. The second-order valence-corrected chi connectivity index (χ2v) is 4.06. The first-order valence-corrected chi connectivity index (χ1v) is 6.31. The lowest BCUT2D eigenvalue weighted by Gasteiger charge is -2.06. The highest BCUT2D eigenvalue weighted by Gasteiger charge is 2.03. The van der Waals surface area contributed by atoms with E-state index in [1.165, 1.54) is 0 Å². The molecule has 0 saturated carbocycles. The maximum absolute atomic E-state index is 5.73. The molecule has 0 heterocycles. The van der Waals surface area contributed by atoms with Crippen molar-refractivity contribution in [3.05, 3.63) is 42.5 Å². The largest absolute Gasteiger partial charge is 0.497 e. The number of nitrogens with zero attached hydrogens (tertiary/aromatic N) is 2. The normalized spacial score (nSPS) is 10.7. The Morgan fingerprint density at radius 1 is 1.10 bits per heavy atom. The van der Waals surface area contributed by atoms with Crippen molar-refractivity contribution in [3.63, 3.8) is 0 Å². The topological polar surface area (TPSA) is 69.2 Å². The van der Waals surface area contributed by atoms with Crippen LogP contribution in [0.15, 0.2) is 52.7 Å². The highest BCUT2D eigenvalue weighted by molar-refractivity contribution is 5.59. The van der Waals surface area contributed by atoms with Crippen LogP contribution in [0.25, 0.3) is 0 Å². The molecular formula is C15H17N3O2. The van der Waals surface area contributed by atoms with Crippen molar-refractivity contribution in [2.45, 2.75) is 6.92 Å². The molecule has 0 bridgehead atoms. The summed E-state index contributed by atoms with van der Waals surface area (Å²) in [6.07, 6.45) is 0. The molecule has 5 nitrogen and oxygen atoms in total. The third kappa shape index (κ3) is 3.47. The molecule has 0 saturated heterocycles. The van der Waals surface area contributed by atoms with Crippen molar-refractivity contribution in [1.82, 2.24) is 0 Å². The summed E-state index contributed by atoms with van der Waals surface area (Å²) >= 11 is 0. The van der Waals surface area contributed by atoms with E-state index < -0.39 is 0 Å². The Hall–Kier alpha value is -2.56. The van der Waals surface area contributed by atoms with Gasteiger partial charge in [-0.3, -0.25) is 0 Å². The summed E-state index contributed by atoms with van der Waals surface area (Å²) in [4.78, 5) is 0. The molecule has 104 valence electrons. The number of hydrogen-bond donors (Lipinski definition) is 1. The second kappa shape index (κ2) is 6.56. The van der Waals surface area contributed by atoms with E-state index >= 15 is 0 Å². The summed E-state index contributed by atoms with van der Waals surface area (Å²) in [5, 5.41) is 8.38. The number of ether oxygens (including phenoxy) is 2. The van der Waals surface area contributed by atoms with Crippen molar-refractivity contribution in [1.29, 1.82) is 0 Å². The zero-order valence-corrected chi connectivity index (χ0v) is 11.5. The number of benzene rings is 2. The highest BCUT2D eigenvalue weighted by Crippen LogP contribution is 2.31. The van der Waals surface area contributed by atoms with E-state index in [9.17, 15) is 0 Å². The minimum atomic E-state index is 0.547. The fraction of sp³-hybridized carbons (Fsp3) is 0.200. The Labute approximate surface area is 118 Å². The van der Waals surface area contributed by atoms with E-state index in [0.717, 1.165) is 5.75 Å². The van der Waals surface area contributed by atoms with Crippen molar-refractivity contribution >= 4 is 17.1 Å². The van der Waals surface area contributed by atoms with Crippen LogP contribution in [-0.4, -0.2) is 13.7 Å². The Morgan fingerprint density at radius 2 is 1.95 bits per heavy atom. The monoisotopic (exact) mass is 271 g/mol. The number of hydrogen-bond acceptors (Lipinski definition) is 5. The molecule has 0 atom stereocenters. The lowest BCUT2D eigenvalue weighted by Crippen LogP contribution is -1.93. The molecule has 0 aliphatic heterocycles.